The SMILES string of the molecule is Cc1cc(C(=O)COC(=O)C2CCN(C(=O)c3ccco3)CC2)c(C)n1Cc1ccccc1. The molecule has 1 saturated heterocycles. The summed E-state index contributed by atoms with van der Waals surface area (Å²) in [4.78, 5) is 39.4. The van der Waals surface area contributed by atoms with E-state index in [2.05, 4.69) is 16.7 Å². The number of nitrogens with zero attached hydrogens (tertiary/aromatic N) is 2. The Morgan fingerprint density at radius 1 is 1.03 bits per heavy atom. The van der Waals surface area contributed by atoms with Crippen molar-refractivity contribution in [2.45, 2.75) is 33.2 Å². The first kappa shape index (κ1) is 22.6. The lowest BCUT2D eigenvalue weighted by Gasteiger charge is -2.30. The Labute approximate surface area is 192 Å². The third-order valence-corrected chi connectivity index (χ3v) is 6.25. The van der Waals surface area contributed by atoms with Gasteiger partial charge in [-0.1, -0.05) is 30.3 Å². The third-order valence-electron chi connectivity index (χ3n) is 6.25. The Kier molecular flexibility index (Phi) is 6.77. The molecule has 7 heteroatoms. The van der Waals surface area contributed by atoms with Crippen molar-refractivity contribution in [2.75, 3.05) is 19.7 Å². The molecule has 0 aliphatic carbocycles. The van der Waals surface area contributed by atoms with Crippen molar-refractivity contribution in [3.63, 3.8) is 0 Å². The summed E-state index contributed by atoms with van der Waals surface area (Å²) in [5.74, 6) is -0.781. The normalized spacial score (nSPS) is 14.3. The largest absolute Gasteiger partial charge is 0.459 e. The molecule has 0 bridgehead atoms. The van der Waals surface area contributed by atoms with Crippen LogP contribution in [0.2, 0.25) is 0 Å². The Bertz CT molecular complexity index is 1120. The number of benzene rings is 1. The van der Waals surface area contributed by atoms with Crippen molar-refractivity contribution in [1.29, 1.82) is 0 Å². The van der Waals surface area contributed by atoms with Gasteiger partial charge in [0, 0.05) is 36.6 Å². The second kappa shape index (κ2) is 9.90. The Balaban J connectivity index is 1.30. The van der Waals surface area contributed by atoms with Gasteiger partial charge in [0.05, 0.1) is 12.2 Å². The summed E-state index contributed by atoms with van der Waals surface area (Å²) in [7, 11) is 0. The van der Waals surface area contributed by atoms with Gasteiger partial charge in [0.2, 0.25) is 5.78 Å². The minimum Gasteiger partial charge on any atom is -0.459 e. The number of ketones is 1. The van der Waals surface area contributed by atoms with Gasteiger partial charge in [-0.3, -0.25) is 14.4 Å². The molecule has 172 valence electrons. The van der Waals surface area contributed by atoms with Crippen LogP contribution in [0.15, 0.2) is 59.2 Å². The molecule has 4 rings (SSSR count). The second-order valence-electron chi connectivity index (χ2n) is 8.43. The lowest BCUT2D eigenvalue weighted by atomic mass is 9.97. The maximum absolute atomic E-state index is 12.8. The average molecular weight is 449 g/mol. The number of rotatable bonds is 7. The van der Waals surface area contributed by atoms with E-state index in [0.717, 1.165) is 17.0 Å². The van der Waals surface area contributed by atoms with Crippen LogP contribution in [0.4, 0.5) is 0 Å². The van der Waals surface area contributed by atoms with Gasteiger partial charge in [0.25, 0.3) is 5.91 Å². The van der Waals surface area contributed by atoms with Gasteiger partial charge in [-0.05, 0) is 50.5 Å². The number of hydrogen-bond donors (Lipinski definition) is 0. The molecule has 0 spiro atoms. The monoisotopic (exact) mass is 448 g/mol. The molecule has 1 amide bonds. The average Bonchev–Trinajstić information content (AvgIpc) is 3.47. The number of aromatic nitrogens is 1. The number of aryl methyl sites for hydroxylation is 1. The predicted molar refractivity (Wildman–Crippen MR) is 122 cm³/mol. The lowest BCUT2D eigenvalue weighted by Crippen LogP contribution is -2.40. The van der Waals surface area contributed by atoms with Crippen LogP contribution in [-0.2, 0) is 16.1 Å². The summed E-state index contributed by atoms with van der Waals surface area (Å²) in [6.45, 7) is 5.19. The Morgan fingerprint density at radius 3 is 2.42 bits per heavy atom. The van der Waals surface area contributed by atoms with Gasteiger partial charge in [-0.25, -0.2) is 0 Å². The minimum atomic E-state index is -0.383. The van der Waals surface area contributed by atoms with E-state index in [1.807, 2.05) is 38.1 Å². The smallest absolute Gasteiger partial charge is 0.309 e. The summed E-state index contributed by atoms with van der Waals surface area (Å²) < 4.78 is 12.6. The van der Waals surface area contributed by atoms with Crippen molar-refractivity contribution in [1.82, 2.24) is 9.47 Å². The number of carbonyl (C=O) groups excluding carboxylic acids is 3. The minimum absolute atomic E-state index is 0.173. The van der Waals surface area contributed by atoms with E-state index in [-0.39, 0.29) is 30.2 Å². The van der Waals surface area contributed by atoms with Crippen LogP contribution in [-0.4, -0.2) is 46.8 Å². The molecule has 1 fully saturated rings. The number of piperidine rings is 1. The molecule has 0 atom stereocenters. The Hall–Kier alpha value is -3.61. The van der Waals surface area contributed by atoms with E-state index in [9.17, 15) is 14.4 Å². The third kappa shape index (κ3) is 5.08. The van der Waals surface area contributed by atoms with Crippen molar-refractivity contribution in [3.8, 4) is 0 Å². The second-order valence-corrected chi connectivity index (χ2v) is 8.43. The summed E-state index contributed by atoms with van der Waals surface area (Å²) in [6, 6.07) is 15.2. The van der Waals surface area contributed by atoms with E-state index in [1.54, 1.807) is 17.0 Å². The maximum Gasteiger partial charge on any atom is 0.309 e. The fourth-order valence-electron chi connectivity index (χ4n) is 4.30. The van der Waals surface area contributed by atoms with E-state index in [1.165, 1.54) is 6.26 Å². The number of likely N-dealkylation sites (tertiary alicyclic amines) is 1. The van der Waals surface area contributed by atoms with E-state index in [4.69, 9.17) is 9.15 Å². The molecule has 1 aromatic carbocycles. The number of hydrogen-bond acceptors (Lipinski definition) is 5. The van der Waals surface area contributed by atoms with Crippen LogP contribution in [0.1, 0.15) is 50.7 Å². The van der Waals surface area contributed by atoms with Gasteiger partial charge in [-0.15, -0.1) is 0 Å². The van der Waals surface area contributed by atoms with Crippen LogP contribution in [0.5, 0.6) is 0 Å². The van der Waals surface area contributed by atoms with Crippen LogP contribution >= 0.6 is 0 Å². The number of carbonyl (C=O) groups is 3. The van der Waals surface area contributed by atoms with Crippen molar-refractivity contribution >= 4 is 17.7 Å². The maximum atomic E-state index is 12.8. The molecule has 2 aromatic heterocycles. The van der Waals surface area contributed by atoms with E-state index in [0.29, 0.717) is 43.8 Å². The lowest BCUT2D eigenvalue weighted by molar-refractivity contribution is -0.148. The number of furan rings is 1. The highest BCUT2D eigenvalue weighted by Crippen LogP contribution is 2.22. The van der Waals surface area contributed by atoms with E-state index < -0.39 is 0 Å². The van der Waals surface area contributed by atoms with Gasteiger partial charge < -0.3 is 18.6 Å². The molecule has 33 heavy (non-hydrogen) atoms. The first-order chi connectivity index (χ1) is 15.9. The van der Waals surface area contributed by atoms with Crippen molar-refractivity contribution < 1.29 is 23.5 Å². The van der Waals surface area contributed by atoms with E-state index >= 15 is 0 Å². The molecule has 3 aromatic rings. The molecule has 0 saturated carbocycles. The van der Waals surface area contributed by atoms with Crippen LogP contribution in [0, 0.1) is 19.8 Å². The quantitative estimate of drug-likeness (QED) is 0.403. The zero-order valence-corrected chi connectivity index (χ0v) is 19.0. The number of ether oxygens (including phenoxy) is 1. The molecule has 7 nitrogen and oxygen atoms in total. The molecule has 1 aliphatic rings. The molecular formula is C26H28N2O5. The first-order valence-electron chi connectivity index (χ1n) is 11.2. The molecule has 1 aliphatic heterocycles. The van der Waals surface area contributed by atoms with Gasteiger partial charge >= 0.3 is 5.97 Å². The topological polar surface area (TPSA) is 81.8 Å². The van der Waals surface area contributed by atoms with Gasteiger partial charge in [0.15, 0.2) is 12.4 Å². The highest BCUT2D eigenvalue weighted by atomic mass is 16.5. The zero-order chi connectivity index (χ0) is 23.4. The summed E-state index contributed by atoms with van der Waals surface area (Å²) in [5.41, 5.74) is 3.58. The molecule has 0 unspecified atom stereocenters. The molecule has 3 heterocycles. The van der Waals surface area contributed by atoms with Crippen LogP contribution in [0.25, 0.3) is 0 Å². The number of Topliss-reactive ketones (excluding diaryl/α,β-unsaturated/α-hetero) is 1. The summed E-state index contributed by atoms with van der Waals surface area (Å²) in [6.07, 6.45) is 2.48. The molecular weight excluding hydrogens is 420 g/mol. The Morgan fingerprint density at radius 2 is 1.76 bits per heavy atom. The van der Waals surface area contributed by atoms with Crippen LogP contribution < -0.4 is 0 Å². The first-order valence-corrected chi connectivity index (χ1v) is 11.2. The van der Waals surface area contributed by atoms with Crippen molar-refractivity contribution in [2.24, 2.45) is 5.92 Å². The highest BCUT2D eigenvalue weighted by Gasteiger charge is 2.30. The highest BCUT2D eigenvalue weighted by molar-refractivity contribution is 5.99. The van der Waals surface area contributed by atoms with Gasteiger partial charge in [-0.2, -0.15) is 0 Å². The zero-order valence-electron chi connectivity index (χ0n) is 19.0. The molecule has 0 radical (unpaired) electrons. The number of esters is 1. The fourth-order valence-corrected chi connectivity index (χ4v) is 4.30. The fraction of sp³-hybridized carbons (Fsp3) is 0.346. The van der Waals surface area contributed by atoms with Gasteiger partial charge in [0.1, 0.15) is 0 Å². The number of amides is 1. The standard InChI is InChI=1S/C26H28N2O5/c1-18-15-22(19(2)28(18)16-20-7-4-3-5-8-20)23(29)17-33-26(31)21-10-12-27(13-11-21)25(30)24-9-6-14-32-24/h3-9,14-15,21H,10-13,16-17H2,1-2H3. The predicted octanol–water partition coefficient (Wildman–Crippen LogP) is 4.02. The summed E-state index contributed by atoms with van der Waals surface area (Å²) in [5, 5.41) is 0. The van der Waals surface area contributed by atoms with Crippen LogP contribution in [0.3, 0.4) is 0 Å². The summed E-state index contributed by atoms with van der Waals surface area (Å²) >= 11 is 0. The molecule has 0 N–H and O–H groups in total. The van der Waals surface area contributed by atoms with Crippen molar-refractivity contribution in [3.05, 3.63) is 83.1 Å².